The summed E-state index contributed by atoms with van der Waals surface area (Å²) >= 11 is 15.7. The van der Waals surface area contributed by atoms with Gasteiger partial charge in [0, 0.05) is 20.4 Å². The van der Waals surface area contributed by atoms with Crippen molar-refractivity contribution in [2.24, 2.45) is 0 Å². The van der Waals surface area contributed by atoms with Crippen LogP contribution >= 0.6 is 39.1 Å². The molecule has 1 aromatic heterocycles. The fourth-order valence-electron chi connectivity index (χ4n) is 3.42. The number of fused-ring (bicyclic) bond motifs is 1. The van der Waals surface area contributed by atoms with Crippen LogP contribution in [0.3, 0.4) is 0 Å². The summed E-state index contributed by atoms with van der Waals surface area (Å²) in [5, 5.41) is 4.84. The van der Waals surface area contributed by atoms with Crippen molar-refractivity contribution in [3.05, 3.63) is 91.9 Å². The summed E-state index contributed by atoms with van der Waals surface area (Å²) in [5.74, 6) is -0.244. The summed E-state index contributed by atoms with van der Waals surface area (Å²) in [7, 11) is 0. The van der Waals surface area contributed by atoms with Crippen molar-refractivity contribution >= 4 is 61.6 Å². The van der Waals surface area contributed by atoms with Gasteiger partial charge in [-0.1, -0.05) is 62.9 Å². The Morgan fingerprint density at radius 3 is 2.40 bits per heavy atom. The average Bonchev–Trinajstić information content (AvgIpc) is 2.70. The zero-order valence-corrected chi connectivity index (χ0v) is 19.4. The van der Waals surface area contributed by atoms with Crippen LogP contribution in [0.25, 0.3) is 22.2 Å². The molecule has 1 N–H and O–H groups in total. The number of rotatable bonds is 3. The highest BCUT2D eigenvalue weighted by Crippen LogP contribution is 2.31. The van der Waals surface area contributed by atoms with E-state index in [1.165, 1.54) is 0 Å². The van der Waals surface area contributed by atoms with E-state index in [0.29, 0.717) is 27.0 Å². The first-order valence-electron chi connectivity index (χ1n) is 9.26. The number of amides is 1. The van der Waals surface area contributed by atoms with E-state index in [-0.39, 0.29) is 5.91 Å². The van der Waals surface area contributed by atoms with Crippen molar-refractivity contribution in [1.82, 2.24) is 4.98 Å². The number of aryl methyl sites for hydroxylation is 2. The number of carbonyl (C=O) groups excluding carboxylic acids is 1. The van der Waals surface area contributed by atoms with Gasteiger partial charge in [-0.2, -0.15) is 0 Å². The first-order chi connectivity index (χ1) is 14.3. The summed E-state index contributed by atoms with van der Waals surface area (Å²) in [6.45, 7) is 4.01. The van der Waals surface area contributed by atoms with Crippen LogP contribution in [0, 0.1) is 13.8 Å². The molecule has 0 fully saturated rings. The molecule has 30 heavy (non-hydrogen) atoms. The third kappa shape index (κ3) is 4.22. The molecule has 4 rings (SSSR count). The highest BCUT2D eigenvalue weighted by molar-refractivity contribution is 9.10. The molecule has 0 atom stereocenters. The number of hydrogen-bond donors (Lipinski definition) is 1. The first-order valence-corrected chi connectivity index (χ1v) is 10.8. The Hall–Kier alpha value is -2.40. The van der Waals surface area contributed by atoms with Crippen LogP contribution in [-0.2, 0) is 0 Å². The molecule has 150 valence electrons. The second kappa shape index (κ2) is 8.38. The number of benzene rings is 3. The van der Waals surface area contributed by atoms with Gasteiger partial charge in [0.15, 0.2) is 0 Å². The molecule has 3 nitrogen and oxygen atoms in total. The molecule has 0 saturated carbocycles. The Bertz CT molecular complexity index is 1290. The lowest BCUT2D eigenvalue weighted by Crippen LogP contribution is -2.13. The lowest BCUT2D eigenvalue weighted by atomic mass is 9.99. The van der Waals surface area contributed by atoms with Crippen molar-refractivity contribution in [2.75, 3.05) is 5.32 Å². The lowest BCUT2D eigenvalue weighted by molar-refractivity contribution is 0.102. The van der Waals surface area contributed by atoms with Gasteiger partial charge in [-0.25, -0.2) is 4.98 Å². The summed E-state index contributed by atoms with van der Waals surface area (Å²) in [5.41, 5.74) is 5.55. The predicted molar refractivity (Wildman–Crippen MR) is 129 cm³/mol. The van der Waals surface area contributed by atoms with Gasteiger partial charge in [0.25, 0.3) is 5.91 Å². The van der Waals surface area contributed by atoms with Crippen LogP contribution in [0.5, 0.6) is 0 Å². The monoisotopic (exact) mass is 498 g/mol. The van der Waals surface area contributed by atoms with Gasteiger partial charge < -0.3 is 5.32 Å². The van der Waals surface area contributed by atoms with Gasteiger partial charge in [0.1, 0.15) is 0 Å². The fourth-order valence-corrected chi connectivity index (χ4v) is 4.26. The molecule has 0 aliphatic heterocycles. The van der Waals surface area contributed by atoms with E-state index in [9.17, 15) is 4.79 Å². The smallest absolute Gasteiger partial charge is 0.256 e. The van der Waals surface area contributed by atoms with Crippen molar-refractivity contribution in [1.29, 1.82) is 0 Å². The molecule has 1 heterocycles. The second-order valence-corrected chi connectivity index (χ2v) is 8.88. The summed E-state index contributed by atoms with van der Waals surface area (Å²) in [6, 6.07) is 18.6. The molecule has 0 radical (unpaired) electrons. The number of hydrogen-bond acceptors (Lipinski definition) is 2. The molecule has 1 amide bonds. The number of aromatic nitrogens is 1. The molecule has 3 aromatic carbocycles. The molecule has 4 aromatic rings. The minimum absolute atomic E-state index is 0.244. The Morgan fingerprint density at radius 2 is 1.70 bits per heavy atom. The molecule has 0 aliphatic carbocycles. The fraction of sp³-hybridized carbons (Fsp3) is 0.0833. The number of halogens is 3. The van der Waals surface area contributed by atoms with Gasteiger partial charge in [-0.3, -0.25) is 4.79 Å². The highest BCUT2D eigenvalue weighted by Gasteiger charge is 2.17. The molecule has 0 saturated heterocycles. The van der Waals surface area contributed by atoms with Crippen molar-refractivity contribution in [3.8, 4) is 11.3 Å². The molecular weight excluding hydrogens is 483 g/mol. The molecule has 0 aliphatic rings. The van der Waals surface area contributed by atoms with Gasteiger partial charge in [-0.15, -0.1) is 0 Å². The first kappa shape index (κ1) is 20.9. The third-order valence-electron chi connectivity index (χ3n) is 4.81. The van der Waals surface area contributed by atoms with Gasteiger partial charge >= 0.3 is 0 Å². The Labute approximate surface area is 193 Å². The zero-order chi connectivity index (χ0) is 21.4. The maximum Gasteiger partial charge on any atom is 0.256 e. The van der Waals surface area contributed by atoms with E-state index in [0.717, 1.165) is 32.1 Å². The van der Waals surface area contributed by atoms with E-state index in [4.69, 9.17) is 28.2 Å². The number of anilines is 1. The number of nitrogens with zero attached hydrogens (tertiary/aromatic N) is 1. The molecular formula is C24H17BrCl2N2O. The largest absolute Gasteiger partial charge is 0.321 e. The third-order valence-corrected chi connectivity index (χ3v) is 5.87. The SMILES string of the molecule is Cc1cc(C)c2nc(-c3ccc(Cl)cc3)cc(C(=O)Nc3ccc(Br)cc3Cl)c2c1. The Balaban J connectivity index is 1.87. The topological polar surface area (TPSA) is 42.0 Å². The average molecular weight is 500 g/mol. The van der Waals surface area contributed by atoms with Crippen LogP contribution in [0.2, 0.25) is 10.0 Å². The second-order valence-electron chi connectivity index (χ2n) is 7.12. The Morgan fingerprint density at radius 1 is 0.967 bits per heavy atom. The van der Waals surface area contributed by atoms with Crippen LogP contribution in [0.1, 0.15) is 21.5 Å². The standard InChI is InChI=1S/C24H17BrCl2N2O/c1-13-9-14(2)23-18(10-13)19(12-22(28-23)15-3-6-17(26)7-4-15)24(30)29-21-8-5-16(25)11-20(21)27/h3-12H,1-2H3,(H,29,30). The predicted octanol–water partition coefficient (Wildman–Crippen LogP) is 7.84. The van der Waals surface area contributed by atoms with Crippen molar-refractivity contribution < 1.29 is 4.79 Å². The number of carbonyl (C=O) groups is 1. The van der Waals surface area contributed by atoms with Crippen LogP contribution in [-0.4, -0.2) is 10.9 Å². The minimum Gasteiger partial charge on any atom is -0.321 e. The van der Waals surface area contributed by atoms with Crippen LogP contribution in [0.4, 0.5) is 5.69 Å². The van der Waals surface area contributed by atoms with E-state index in [1.807, 2.05) is 56.3 Å². The molecule has 0 spiro atoms. The van der Waals surface area contributed by atoms with Gasteiger partial charge in [0.05, 0.1) is 27.5 Å². The molecule has 6 heteroatoms. The maximum absolute atomic E-state index is 13.3. The summed E-state index contributed by atoms with van der Waals surface area (Å²) < 4.78 is 0.844. The van der Waals surface area contributed by atoms with Crippen LogP contribution in [0.15, 0.2) is 65.1 Å². The normalized spacial score (nSPS) is 11.0. The van der Waals surface area contributed by atoms with Gasteiger partial charge in [-0.05, 0) is 61.9 Å². The molecule has 0 bridgehead atoms. The maximum atomic E-state index is 13.3. The summed E-state index contributed by atoms with van der Waals surface area (Å²) in [4.78, 5) is 18.1. The van der Waals surface area contributed by atoms with Crippen molar-refractivity contribution in [3.63, 3.8) is 0 Å². The van der Waals surface area contributed by atoms with Gasteiger partial charge in [0.2, 0.25) is 0 Å². The Kier molecular flexibility index (Phi) is 5.83. The highest BCUT2D eigenvalue weighted by atomic mass is 79.9. The minimum atomic E-state index is -0.244. The van der Waals surface area contributed by atoms with Crippen molar-refractivity contribution in [2.45, 2.75) is 13.8 Å². The molecule has 0 unspecified atom stereocenters. The zero-order valence-electron chi connectivity index (χ0n) is 16.3. The number of pyridine rings is 1. The van der Waals surface area contributed by atoms with E-state index in [2.05, 4.69) is 27.3 Å². The van der Waals surface area contributed by atoms with E-state index < -0.39 is 0 Å². The van der Waals surface area contributed by atoms with Crippen LogP contribution < -0.4 is 5.32 Å². The van der Waals surface area contributed by atoms with E-state index in [1.54, 1.807) is 12.1 Å². The van der Waals surface area contributed by atoms with E-state index >= 15 is 0 Å². The lowest BCUT2D eigenvalue weighted by Gasteiger charge is -2.14. The quantitative estimate of drug-likeness (QED) is 0.312. The summed E-state index contributed by atoms with van der Waals surface area (Å²) in [6.07, 6.45) is 0. The number of nitrogens with one attached hydrogen (secondary N) is 1.